The normalized spacial score (nSPS) is 10.6. The van der Waals surface area contributed by atoms with Crippen LogP contribution < -0.4 is 9.47 Å². The molecule has 0 saturated heterocycles. The summed E-state index contributed by atoms with van der Waals surface area (Å²) in [7, 11) is 1.29. The lowest BCUT2D eigenvalue weighted by atomic mass is 10.1. The van der Waals surface area contributed by atoms with Gasteiger partial charge < -0.3 is 9.47 Å². The van der Waals surface area contributed by atoms with Gasteiger partial charge in [-0.1, -0.05) is 26.2 Å². The Balaban J connectivity index is 2.04. The summed E-state index contributed by atoms with van der Waals surface area (Å²) in [4.78, 5) is 4.15. The van der Waals surface area contributed by atoms with Crippen molar-refractivity contribution in [2.75, 3.05) is 13.7 Å². The molecule has 0 amide bonds. The van der Waals surface area contributed by atoms with Gasteiger partial charge in [-0.25, -0.2) is 4.39 Å². The Labute approximate surface area is 135 Å². The largest absolute Gasteiger partial charge is 0.494 e. The summed E-state index contributed by atoms with van der Waals surface area (Å²) in [5.74, 6) is -1.48. The van der Waals surface area contributed by atoms with Crippen molar-refractivity contribution < 1.29 is 18.3 Å². The zero-order chi connectivity index (χ0) is 16.7. The molecule has 0 saturated carbocycles. The summed E-state index contributed by atoms with van der Waals surface area (Å²) < 4.78 is 38.1. The number of halogens is 2. The second kappa shape index (κ2) is 8.46. The van der Waals surface area contributed by atoms with Crippen molar-refractivity contribution in [2.24, 2.45) is 0 Å². The molecule has 2 aromatic rings. The minimum Gasteiger partial charge on any atom is -0.494 e. The molecule has 23 heavy (non-hydrogen) atoms. The van der Waals surface area contributed by atoms with Gasteiger partial charge in [0.2, 0.25) is 5.82 Å². The Morgan fingerprint density at radius 3 is 2.48 bits per heavy atom. The third-order valence-corrected chi connectivity index (χ3v) is 3.55. The van der Waals surface area contributed by atoms with E-state index in [1.165, 1.54) is 38.3 Å². The molecule has 1 aromatic heterocycles. The topological polar surface area (TPSA) is 31.4 Å². The molecule has 0 bridgehead atoms. The first-order valence-electron chi connectivity index (χ1n) is 7.78. The van der Waals surface area contributed by atoms with E-state index < -0.39 is 11.6 Å². The van der Waals surface area contributed by atoms with E-state index in [2.05, 4.69) is 11.9 Å². The fraction of sp³-hybridized carbons (Fsp3) is 0.389. The van der Waals surface area contributed by atoms with Crippen molar-refractivity contribution in [3.05, 3.63) is 42.1 Å². The molecule has 0 N–H and O–H groups in total. The summed E-state index contributed by atoms with van der Waals surface area (Å²) in [5, 5.41) is 0. The molecule has 1 heterocycles. The van der Waals surface area contributed by atoms with E-state index in [0.29, 0.717) is 18.1 Å². The van der Waals surface area contributed by atoms with Gasteiger partial charge in [0.05, 0.1) is 25.6 Å². The zero-order valence-electron chi connectivity index (χ0n) is 13.4. The number of nitrogens with zero attached hydrogens (tertiary/aromatic N) is 1. The third kappa shape index (κ3) is 4.41. The molecule has 2 rings (SSSR count). The summed E-state index contributed by atoms with van der Waals surface area (Å²) in [6.07, 6.45) is 6.03. The van der Waals surface area contributed by atoms with Gasteiger partial charge in [0.15, 0.2) is 11.6 Å². The van der Waals surface area contributed by atoms with Crippen LogP contribution in [0.2, 0.25) is 0 Å². The predicted octanol–water partition coefficient (Wildman–Crippen LogP) is 4.99. The molecule has 0 aliphatic rings. The van der Waals surface area contributed by atoms with Gasteiger partial charge in [0.25, 0.3) is 0 Å². The molecule has 0 atom stereocenters. The Morgan fingerprint density at radius 2 is 1.83 bits per heavy atom. The van der Waals surface area contributed by atoms with Crippen molar-refractivity contribution in [3.63, 3.8) is 0 Å². The van der Waals surface area contributed by atoms with Crippen molar-refractivity contribution in [2.45, 2.75) is 32.6 Å². The smallest absolute Gasteiger partial charge is 0.201 e. The zero-order valence-corrected chi connectivity index (χ0v) is 13.4. The van der Waals surface area contributed by atoms with Crippen molar-refractivity contribution >= 4 is 0 Å². The second-order valence-corrected chi connectivity index (χ2v) is 5.23. The lowest BCUT2D eigenvalue weighted by Gasteiger charge is -2.09. The Morgan fingerprint density at radius 1 is 1.00 bits per heavy atom. The Hall–Kier alpha value is -2.17. The van der Waals surface area contributed by atoms with Crippen LogP contribution in [0, 0.1) is 11.6 Å². The predicted molar refractivity (Wildman–Crippen MR) is 85.8 cm³/mol. The van der Waals surface area contributed by atoms with E-state index in [1.807, 2.05) is 0 Å². The van der Waals surface area contributed by atoms with Crippen LogP contribution in [-0.4, -0.2) is 18.7 Å². The highest BCUT2D eigenvalue weighted by Gasteiger charge is 2.15. The number of rotatable bonds is 8. The molecule has 0 spiro atoms. The van der Waals surface area contributed by atoms with Crippen LogP contribution in [0.5, 0.6) is 11.5 Å². The molecule has 0 aliphatic heterocycles. The van der Waals surface area contributed by atoms with Crippen molar-refractivity contribution in [1.29, 1.82) is 0 Å². The fourth-order valence-corrected chi connectivity index (χ4v) is 2.23. The minimum atomic E-state index is -1.01. The highest BCUT2D eigenvalue weighted by atomic mass is 19.2. The number of hydrogen-bond acceptors (Lipinski definition) is 3. The van der Waals surface area contributed by atoms with E-state index in [9.17, 15) is 8.78 Å². The first kappa shape index (κ1) is 17.2. The van der Waals surface area contributed by atoms with Crippen LogP contribution >= 0.6 is 0 Å². The monoisotopic (exact) mass is 321 g/mol. The summed E-state index contributed by atoms with van der Waals surface area (Å²) in [5.41, 5.74) is 0.445. The van der Waals surface area contributed by atoms with Crippen molar-refractivity contribution in [1.82, 2.24) is 4.98 Å². The first-order valence-corrected chi connectivity index (χ1v) is 7.78. The van der Waals surface area contributed by atoms with Gasteiger partial charge in [0, 0.05) is 5.56 Å². The average molecular weight is 321 g/mol. The maximum absolute atomic E-state index is 14.0. The second-order valence-electron chi connectivity index (χ2n) is 5.23. The van der Waals surface area contributed by atoms with E-state index in [1.54, 1.807) is 12.1 Å². The van der Waals surface area contributed by atoms with Gasteiger partial charge in [-0.05, 0) is 30.7 Å². The van der Waals surface area contributed by atoms with Gasteiger partial charge in [0.1, 0.15) is 5.75 Å². The number of pyridine rings is 1. The van der Waals surface area contributed by atoms with E-state index in [-0.39, 0.29) is 11.3 Å². The van der Waals surface area contributed by atoms with E-state index >= 15 is 0 Å². The standard InChI is InChI=1S/C18H21F2NO2/c1-3-4-5-6-11-23-13-7-9-15(21-12-13)14-8-10-16(22-2)18(20)17(14)19/h7-10,12H,3-6,11H2,1-2H3. The number of aromatic nitrogens is 1. The summed E-state index contributed by atoms with van der Waals surface area (Å²) >= 11 is 0. The van der Waals surface area contributed by atoms with Crippen LogP contribution in [0.3, 0.4) is 0 Å². The van der Waals surface area contributed by atoms with Gasteiger partial charge in [-0.2, -0.15) is 4.39 Å². The average Bonchev–Trinajstić information content (AvgIpc) is 2.58. The Kier molecular flexibility index (Phi) is 6.32. The Bertz CT molecular complexity index is 630. The van der Waals surface area contributed by atoms with Crippen LogP contribution in [0.4, 0.5) is 8.78 Å². The quantitative estimate of drug-likeness (QED) is 0.642. The van der Waals surface area contributed by atoms with Crippen LogP contribution in [0.1, 0.15) is 32.6 Å². The lowest BCUT2D eigenvalue weighted by molar-refractivity contribution is 0.304. The molecular weight excluding hydrogens is 300 g/mol. The fourth-order valence-electron chi connectivity index (χ4n) is 2.23. The molecule has 124 valence electrons. The van der Waals surface area contributed by atoms with Gasteiger partial charge >= 0.3 is 0 Å². The SMILES string of the molecule is CCCCCCOc1ccc(-c2ccc(OC)c(F)c2F)nc1. The number of unbranched alkanes of at least 4 members (excludes halogenated alkanes) is 3. The molecule has 5 heteroatoms. The number of hydrogen-bond donors (Lipinski definition) is 0. The highest BCUT2D eigenvalue weighted by Crippen LogP contribution is 2.29. The number of methoxy groups -OCH3 is 1. The first-order chi connectivity index (χ1) is 11.2. The molecule has 0 unspecified atom stereocenters. The number of benzene rings is 1. The summed E-state index contributed by atoms with van der Waals surface area (Å²) in [6.45, 7) is 2.79. The van der Waals surface area contributed by atoms with Crippen molar-refractivity contribution in [3.8, 4) is 22.8 Å². The summed E-state index contributed by atoms with van der Waals surface area (Å²) in [6, 6.07) is 6.16. The molecule has 3 nitrogen and oxygen atoms in total. The van der Waals surface area contributed by atoms with Crippen LogP contribution in [0.15, 0.2) is 30.5 Å². The maximum Gasteiger partial charge on any atom is 0.201 e. The number of ether oxygens (including phenoxy) is 2. The molecule has 0 aliphatic carbocycles. The van der Waals surface area contributed by atoms with Gasteiger partial charge in [-0.15, -0.1) is 0 Å². The van der Waals surface area contributed by atoms with Gasteiger partial charge in [-0.3, -0.25) is 4.98 Å². The van der Waals surface area contributed by atoms with E-state index in [0.717, 1.165) is 12.8 Å². The molecular formula is C18H21F2NO2. The molecule has 0 fully saturated rings. The molecule has 1 aromatic carbocycles. The van der Waals surface area contributed by atoms with E-state index in [4.69, 9.17) is 9.47 Å². The minimum absolute atomic E-state index is 0.0952. The maximum atomic E-state index is 14.0. The highest BCUT2D eigenvalue weighted by molar-refractivity contribution is 5.61. The third-order valence-electron chi connectivity index (χ3n) is 3.55. The van der Waals surface area contributed by atoms with Crippen LogP contribution in [0.25, 0.3) is 11.3 Å². The van der Waals surface area contributed by atoms with Crippen LogP contribution in [-0.2, 0) is 0 Å². The molecule has 0 radical (unpaired) electrons. The lowest BCUT2D eigenvalue weighted by Crippen LogP contribution is -1.99.